The maximum Gasteiger partial charge on any atom is 0.253 e. The SMILES string of the molecule is O=C(c1ccc(-n2cccc2)cc1)N1CCN(S(=O)(=O)c2ccc(Cl)s2)CC1. The van der Waals surface area contributed by atoms with Crippen LogP contribution in [0.2, 0.25) is 4.34 Å². The van der Waals surface area contributed by atoms with Gasteiger partial charge in [-0.15, -0.1) is 11.3 Å². The highest BCUT2D eigenvalue weighted by atomic mass is 35.5. The number of sulfonamides is 1. The number of carbonyl (C=O) groups excluding carboxylic acids is 1. The van der Waals surface area contributed by atoms with Crippen molar-refractivity contribution >= 4 is 38.9 Å². The van der Waals surface area contributed by atoms with Gasteiger partial charge < -0.3 is 9.47 Å². The minimum Gasteiger partial charge on any atom is -0.336 e. The molecule has 3 heterocycles. The Labute approximate surface area is 172 Å². The molecule has 1 fully saturated rings. The van der Waals surface area contributed by atoms with E-state index in [0.29, 0.717) is 23.0 Å². The van der Waals surface area contributed by atoms with Crippen LogP contribution in [0.4, 0.5) is 0 Å². The molecule has 0 radical (unpaired) electrons. The molecule has 0 N–H and O–H groups in total. The topological polar surface area (TPSA) is 62.6 Å². The molecule has 6 nitrogen and oxygen atoms in total. The zero-order chi connectivity index (χ0) is 19.7. The molecular weight excluding hydrogens is 418 g/mol. The van der Waals surface area contributed by atoms with Crippen LogP contribution in [0, 0.1) is 0 Å². The van der Waals surface area contributed by atoms with Gasteiger partial charge in [0.2, 0.25) is 0 Å². The van der Waals surface area contributed by atoms with Crippen molar-refractivity contribution in [2.45, 2.75) is 4.21 Å². The number of hydrogen-bond acceptors (Lipinski definition) is 4. The number of nitrogens with zero attached hydrogens (tertiary/aromatic N) is 3. The van der Waals surface area contributed by atoms with E-state index in [1.807, 2.05) is 41.2 Å². The zero-order valence-corrected chi connectivity index (χ0v) is 17.3. The molecule has 2 aromatic heterocycles. The molecule has 4 rings (SSSR count). The Balaban J connectivity index is 1.41. The van der Waals surface area contributed by atoms with Crippen LogP contribution in [-0.4, -0.2) is 54.3 Å². The van der Waals surface area contributed by atoms with E-state index in [-0.39, 0.29) is 23.2 Å². The van der Waals surface area contributed by atoms with E-state index in [4.69, 9.17) is 11.6 Å². The molecule has 0 saturated carbocycles. The molecule has 1 aliphatic rings. The number of thiophene rings is 1. The fourth-order valence-electron chi connectivity index (χ4n) is 3.16. The summed E-state index contributed by atoms with van der Waals surface area (Å²) in [5.74, 6) is -0.0877. The van der Waals surface area contributed by atoms with Crippen molar-refractivity contribution in [1.82, 2.24) is 13.8 Å². The first-order valence-electron chi connectivity index (χ1n) is 8.73. The first kappa shape index (κ1) is 19.2. The van der Waals surface area contributed by atoms with Gasteiger partial charge in [-0.3, -0.25) is 4.79 Å². The van der Waals surface area contributed by atoms with E-state index in [9.17, 15) is 13.2 Å². The van der Waals surface area contributed by atoms with Gasteiger partial charge in [0.05, 0.1) is 4.34 Å². The maximum atomic E-state index is 12.8. The smallest absolute Gasteiger partial charge is 0.253 e. The molecule has 1 saturated heterocycles. The minimum atomic E-state index is -3.56. The Bertz CT molecular complexity index is 1070. The Morgan fingerprint density at radius 2 is 1.57 bits per heavy atom. The summed E-state index contributed by atoms with van der Waals surface area (Å²) in [5.41, 5.74) is 1.57. The number of piperazine rings is 1. The fourth-order valence-corrected chi connectivity index (χ4v) is 6.22. The van der Waals surface area contributed by atoms with Gasteiger partial charge in [-0.05, 0) is 48.5 Å². The van der Waals surface area contributed by atoms with Gasteiger partial charge in [0, 0.05) is 49.8 Å². The molecule has 0 bridgehead atoms. The molecule has 1 aromatic carbocycles. The lowest BCUT2D eigenvalue weighted by Gasteiger charge is -2.33. The number of carbonyl (C=O) groups is 1. The first-order valence-corrected chi connectivity index (χ1v) is 11.4. The van der Waals surface area contributed by atoms with E-state index in [2.05, 4.69) is 0 Å². The maximum absolute atomic E-state index is 12.8. The highest BCUT2D eigenvalue weighted by molar-refractivity contribution is 7.91. The van der Waals surface area contributed by atoms with Gasteiger partial charge in [0.15, 0.2) is 0 Å². The van der Waals surface area contributed by atoms with Gasteiger partial charge in [0.25, 0.3) is 15.9 Å². The van der Waals surface area contributed by atoms with Crippen molar-refractivity contribution in [2.24, 2.45) is 0 Å². The number of benzene rings is 1. The van der Waals surface area contributed by atoms with Gasteiger partial charge in [0.1, 0.15) is 4.21 Å². The molecule has 0 aliphatic carbocycles. The van der Waals surface area contributed by atoms with Crippen LogP contribution in [-0.2, 0) is 10.0 Å². The highest BCUT2D eigenvalue weighted by Crippen LogP contribution is 2.28. The van der Waals surface area contributed by atoms with E-state index in [1.54, 1.807) is 23.1 Å². The second-order valence-electron chi connectivity index (χ2n) is 6.39. The van der Waals surface area contributed by atoms with Gasteiger partial charge >= 0.3 is 0 Å². The van der Waals surface area contributed by atoms with Crippen LogP contribution < -0.4 is 0 Å². The van der Waals surface area contributed by atoms with Gasteiger partial charge in [-0.25, -0.2) is 8.42 Å². The molecule has 0 atom stereocenters. The lowest BCUT2D eigenvalue weighted by molar-refractivity contribution is 0.0698. The molecule has 1 aliphatic heterocycles. The van der Waals surface area contributed by atoms with Crippen LogP contribution >= 0.6 is 22.9 Å². The molecule has 0 spiro atoms. The summed E-state index contributed by atoms with van der Waals surface area (Å²) >= 11 is 6.91. The van der Waals surface area contributed by atoms with Crippen molar-refractivity contribution in [2.75, 3.05) is 26.2 Å². The quantitative estimate of drug-likeness (QED) is 0.631. The Morgan fingerprint density at radius 1 is 0.929 bits per heavy atom. The summed E-state index contributed by atoms with van der Waals surface area (Å²) in [6, 6.07) is 14.4. The van der Waals surface area contributed by atoms with Gasteiger partial charge in [-0.2, -0.15) is 4.31 Å². The predicted octanol–water partition coefficient (Wildman–Crippen LogP) is 3.34. The van der Waals surface area contributed by atoms with Crippen LogP contribution in [0.1, 0.15) is 10.4 Å². The third-order valence-corrected chi connectivity index (χ3v) is 8.28. The first-order chi connectivity index (χ1) is 13.4. The summed E-state index contributed by atoms with van der Waals surface area (Å²) < 4.78 is 29.4. The molecule has 9 heteroatoms. The van der Waals surface area contributed by atoms with E-state index in [1.165, 1.54) is 10.4 Å². The summed E-state index contributed by atoms with van der Waals surface area (Å²) in [4.78, 5) is 14.5. The largest absolute Gasteiger partial charge is 0.336 e. The fraction of sp³-hybridized carbons (Fsp3) is 0.211. The summed E-state index contributed by atoms with van der Waals surface area (Å²) in [5, 5.41) is 0. The van der Waals surface area contributed by atoms with Crippen molar-refractivity contribution in [3.63, 3.8) is 0 Å². The zero-order valence-electron chi connectivity index (χ0n) is 14.9. The number of amides is 1. The number of aromatic nitrogens is 1. The molecule has 28 heavy (non-hydrogen) atoms. The minimum absolute atomic E-state index is 0.0877. The van der Waals surface area contributed by atoms with Crippen molar-refractivity contribution in [3.8, 4) is 5.69 Å². The summed E-state index contributed by atoms with van der Waals surface area (Å²) in [6.45, 7) is 1.25. The standard InChI is InChI=1S/C19H18ClN3O3S2/c20-17-7-8-18(27-17)28(25,26)23-13-11-22(12-14-23)19(24)15-3-5-16(6-4-15)21-9-1-2-10-21/h1-10H,11-14H2. The predicted molar refractivity (Wildman–Crippen MR) is 110 cm³/mol. The number of hydrogen-bond donors (Lipinski definition) is 0. The van der Waals surface area contributed by atoms with Crippen molar-refractivity contribution < 1.29 is 13.2 Å². The molecule has 0 unspecified atom stereocenters. The molecule has 146 valence electrons. The molecule has 1 amide bonds. The Hall–Kier alpha value is -2.13. The summed E-state index contributed by atoms with van der Waals surface area (Å²) in [6.07, 6.45) is 3.88. The van der Waals surface area contributed by atoms with Crippen molar-refractivity contribution in [3.05, 3.63) is 70.8 Å². The lowest BCUT2D eigenvalue weighted by Crippen LogP contribution is -2.50. The van der Waals surface area contributed by atoms with Crippen LogP contribution in [0.25, 0.3) is 5.69 Å². The second-order valence-corrected chi connectivity index (χ2v) is 10.3. The number of halogens is 1. The molecular formula is C19H18ClN3O3S2. The van der Waals surface area contributed by atoms with Crippen LogP contribution in [0.15, 0.2) is 65.1 Å². The van der Waals surface area contributed by atoms with Crippen LogP contribution in [0.5, 0.6) is 0 Å². The third kappa shape index (κ3) is 3.73. The van der Waals surface area contributed by atoms with Crippen LogP contribution in [0.3, 0.4) is 0 Å². The average molecular weight is 436 g/mol. The average Bonchev–Trinajstić information content (AvgIpc) is 3.40. The highest BCUT2D eigenvalue weighted by Gasteiger charge is 2.31. The molecule has 3 aromatic rings. The number of rotatable bonds is 4. The van der Waals surface area contributed by atoms with E-state index >= 15 is 0 Å². The van der Waals surface area contributed by atoms with Gasteiger partial charge in [-0.1, -0.05) is 11.6 Å². The third-order valence-electron chi connectivity index (χ3n) is 4.69. The van der Waals surface area contributed by atoms with E-state index < -0.39 is 10.0 Å². The second kappa shape index (κ2) is 7.71. The lowest BCUT2D eigenvalue weighted by atomic mass is 10.1. The Kier molecular flexibility index (Phi) is 5.29. The monoisotopic (exact) mass is 435 g/mol. The Morgan fingerprint density at radius 3 is 2.14 bits per heavy atom. The normalized spacial score (nSPS) is 15.7. The summed E-state index contributed by atoms with van der Waals surface area (Å²) in [7, 11) is -3.56. The van der Waals surface area contributed by atoms with Crippen molar-refractivity contribution in [1.29, 1.82) is 0 Å². The van der Waals surface area contributed by atoms with E-state index in [0.717, 1.165) is 17.0 Å².